The molecule has 0 radical (unpaired) electrons. The van der Waals surface area contributed by atoms with Crippen LogP contribution < -0.4 is 10.6 Å². The van der Waals surface area contributed by atoms with E-state index in [0.29, 0.717) is 9.21 Å². The first-order valence-electron chi connectivity index (χ1n) is 6.37. The van der Waals surface area contributed by atoms with Crippen molar-refractivity contribution in [3.63, 3.8) is 0 Å². The van der Waals surface area contributed by atoms with Gasteiger partial charge in [0.1, 0.15) is 6.04 Å². The van der Waals surface area contributed by atoms with E-state index in [1.165, 1.54) is 22.7 Å². The molecule has 0 aliphatic rings. The minimum absolute atomic E-state index is 0.143. The quantitative estimate of drug-likeness (QED) is 0.874. The molecule has 21 heavy (non-hydrogen) atoms. The first-order chi connectivity index (χ1) is 9.97. The number of thiophene rings is 2. The first-order valence-corrected chi connectivity index (χ1v) is 8.44. The fourth-order valence-corrected chi connectivity index (χ4v) is 3.40. The van der Waals surface area contributed by atoms with E-state index in [-0.39, 0.29) is 17.9 Å². The maximum Gasteiger partial charge on any atom is 0.261 e. The van der Waals surface area contributed by atoms with E-state index in [1.54, 1.807) is 25.1 Å². The lowest BCUT2D eigenvalue weighted by Crippen LogP contribution is -2.45. The number of halogens is 1. The van der Waals surface area contributed by atoms with Gasteiger partial charge in [0, 0.05) is 4.88 Å². The Balaban J connectivity index is 1.89. The van der Waals surface area contributed by atoms with Gasteiger partial charge in [-0.3, -0.25) is 9.59 Å². The Bertz CT molecular complexity index is 625. The molecule has 2 rings (SSSR count). The lowest BCUT2D eigenvalue weighted by molar-refractivity contribution is -0.123. The third kappa shape index (κ3) is 4.30. The molecule has 0 aliphatic heterocycles. The second-order valence-corrected chi connectivity index (χ2v) is 7.24. The van der Waals surface area contributed by atoms with Gasteiger partial charge in [-0.1, -0.05) is 17.7 Å². The van der Waals surface area contributed by atoms with Gasteiger partial charge >= 0.3 is 0 Å². The number of nitrogens with one attached hydrogen (secondary N) is 2. The Morgan fingerprint density at radius 3 is 2.52 bits per heavy atom. The van der Waals surface area contributed by atoms with E-state index in [4.69, 9.17) is 11.6 Å². The third-order valence-electron chi connectivity index (χ3n) is 2.87. The fraction of sp³-hybridized carbons (Fsp3) is 0.286. The van der Waals surface area contributed by atoms with Crippen molar-refractivity contribution in [2.75, 3.05) is 0 Å². The summed E-state index contributed by atoms with van der Waals surface area (Å²) in [6, 6.07) is 6.46. The molecule has 0 saturated heterocycles. The minimum atomic E-state index is -0.600. The Morgan fingerprint density at radius 1 is 1.19 bits per heavy atom. The van der Waals surface area contributed by atoms with Gasteiger partial charge in [0.25, 0.3) is 5.91 Å². The van der Waals surface area contributed by atoms with Crippen LogP contribution in [0.15, 0.2) is 29.6 Å². The van der Waals surface area contributed by atoms with Crippen LogP contribution in [0.4, 0.5) is 0 Å². The molecule has 2 atom stereocenters. The summed E-state index contributed by atoms with van der Waals surface area (Å²) in [6.45, 7) is 3.54. The van der Waals surface area contributed by atoms with Gasteiger partial charge in [0.15, 0.2) is 0 Å². The summed E-state index contributed by atoms with van der Waals surface area (Å²) in [7, 11) is 0. The molecule has 2 N–H and O–H groups in total. The van der Waals surface area contributed by atoms with E-state index in [1.807, 2.05) is 18.4 Å². The van der Waals surface area contributed by atoms with Gasteiger partial charge in [0.2, 0.25) is 5.91 Å². The first kappa shape index (κ1) is 16.0. The molecule has 2 heterocycles. The van der Waals surface area contributed by atoms with Crippen molar-refractivity contribution < 1.29 is 9.59 Å². The molecule has 2 aromatic heterocycles. The van der Waals surface area contributed by atoms with Gasteiger partial charge in [-0.2, -0.15) is 0 Å². The van der Waals surface area contributed by atoms with Crippen LogP contribution in [-0.4, -0.2) is 17.9 Å². The van der Waals surface area contributed by atoms with Crippen LogP contribution in [0.5, 0.6) is 0 Å². The Hall–Kier alpha value is -1.37. The number of hydrogen-bond donors (Lipinski definition) is 2. The lowest BCUT2D eigenvalue weighted by atomic mass is 10.2. The standard InChI is InChI=1S/C14H15ClN2O2S2/c1-8(10-5-6-12(15)21-10)16-13(18)9(2)17-14(19)11-4-3-7-20-11/h3-9H,1-2H3,(H,16,18)(H,17,19). The van der Waals surface area contributed by atoms with Gasteiger partial charge < -0.3 is 10.6 Å². The van der Waals surface area contributed by atoms with Gasteiger partial charge in [0.05, 0.1) is 15.3 Å². The Morgan fingerprint density at radius 2 is 1.95 bits per heavy atom. The second kappa shape index (κ2) is 7.06. The zero-order valence-electron chi connectivity index (χ0n) is 11.6. The van der Waals surface area contributed by atoms with Gasteiger partial charge in [-0.25, -0.2) is 0 Å². The summed E-state index contributed by atoms with van der Waals surface area (Å²) < 4.78 is 0.685. The molecule has 0 aromatic carbocycles. The number of hydrogen-bond acceptors (Lipinski definition) is 4. The molecule has 0 spiro atoms. The van der Waals surface area contributed by atoms with Crippen molar-refractivity contribution in [1.82, 2.24) is 10.6 Å². The summed E-state index contributed by atoms with van der Waals surface area (Å²) >= 11 is 8.65. The maximum absolute atomic E-state index is 12.1. The van der Waals surface area contributed by atoms with Crippen molar-refractivity contribution in [3.05, 3.63) is 43.7 Å². The average molecular weight is 343 g/mol. The normalized spacial score (nSPS) is 13.5. The average Bonchev–Trinajstić information content (AvgIpc) is 3.09. The molecular weight excluding hydrogens is 328 g/mol. The summed E-state index contributed by atoms with van der Waals surface area (Å²) in [5.41, 5.74) is 0. The molecule has 2 amide bonds. The molecule has 7 heteroatoms. The summed E-state index contributed by atoms with van der Waals surface area (Å²) in [6.07, 6.45) is 0. The summed E-state index contributed by atoms with van der Waals surface area (Å²) in [4.78, 5) is 25.5. The van der Waals surface area contributed by atoms with E-state index in [2.05, 4.69) is 10.6 Å². The fourth-order valence-electron chi connectivity index (χ4n) is 1.71. The van der Waals surface area contributed by atoms with Crippen molar-refractivity contribution in [2.45, 2.75) is 25.9 Å². The van der Waals surface area contributed by atoms with Crippen LogP contribution >= 0.6 is 34.3 Å². The minimum Gasteiger partial charge on any atom is -0.347 e. The van der Waals surface area contributed by atoms with Gasteiger partial charge in [-0.05, 0) is 37.4 Å². The predicted octanol–water partition coefficient (Wildman–Crippen LogP) is 3.46. The zero-order valence-corrected chi connectivity index (χ0v) is 13.9. The molecule has 112 valence electrons. The van der Waals surface area contributed by atoms with Crippen LogP contribution in [0.1, 0.15) is 34.4 Å². The van der Waals surface area contributed by atoms with Crippen LogP contribution in [0.25, 0.3) is 0 Å². The highest BCUT2D eigenvalue weighted by Gasteiger charge is 2.19. The maximum atomic E-state index is 12.1. The molecular formula is C14H15ClN2O2S2. The Labute approximate surface area is 136 Å². The van der Waals surface area contributed by atoms with Crippen LogP contribution in [0, 0.1) is 0 Å². The van der Waals surface area contributed by atoms with Crippen molar-refractivity contribution >= 4 is 46.1 Å². The SMILES string of the molecule is CC(NC(=O)c1cccs1)C(=O)NC(C)c1ccc(Cl)s1. The molecule has 0 aliphatic carbocycles. The monoisotopic (exact) mass is 342 g/mol. The molecule has 0 fully saturated rings. The predicted molar refractivity (Wildman–Crippen MR) is 87.1 cm³/mol. The van der Waals surface area contributed by atoms with Gasteiger partial charge in [-0.15, -0.1) is 22.7 Å². The third-order valence-corrected chi connectivity index (χ3v) is 5.15. The van der Waals surface area contributed by atoms with Crippen molar-refractivity contribution in [1.29, 1.82) is 0 Å². The summed E-state index contributed by atoms with van der Waals surface area (Å²) in [5, 5.41) is 7.36. The smallest absolute Gasteiger partial charge is 0.261 e. The molecule has 4 nitrogen and oxygen atoms in total. The van der Waals surface area contributed by atoms with Crippen molar-refractivity contribution in [3.8, 4) is 0 Å². The molecule has 0 saturated carbocycles. The second-order valence-electron chi connectivity index (χ2n) is 4.54. The van der Waals surface area contributed by atoms with E-state index >= 15 is 0 Å². The van der Waals surface area contributed by atoms with E-state index in [0.717, 1.165) is 4.88 Å². The number of carbonyl (C=O) groups is 2. The number of amides is 2. The van der Waals surface area contributed by atoms with Crippen LogP contribution in [0.3, 0.4) is 0 Å². The molecule has 0 bridgehead atoms. The topological polar surface area (TPSA) is 58.2 Å². The van der Waals surface area contributed by atoms with Crippen LogP contribution in [-0.2, 0) is 4.79 Å². The highest BCUT2D eigenvalue weighted by atomic mass is 35.5. The molecule has 2 aromatic rings. The highest BCUT2D eigenvalue weighted by molar-refractivity contribution is 7.16. The number of rotatable bonds is 5. The number of carbonyl (C=O) groups excluding carboxylic acids is 2. The molecule has 2 unspecified atom stereocenters. The van der Waals surface area contributed by atoms with Crippen molar-refractivity contribution in [2.24, 2.45) is 0 Å². The Kier molecular flexibility index (Phi) is 5.39. The van der Waals surface area contributed by atoms with E-state index in [9.17, 15) is 9.59 Å². The van der Waals surface area contributed by atoms with E-state index < -0.39 is 6.04 Å². The lowest BCUT2D eigenvalue weighted by Gasteiger charge is -2.17. The van der Waals surface area contributed by atoms with Crippen LogP contribution in [0.2, 0.25) is 4.34 Å². The largest absolute Gasteiger partial charge is 0.347 e. The highest BCUT2D eigenvalue weighted by Crippen LogP contribution is 2.26. The zero-order chi connectivity index (χ0) is 15.4. The summed E-state index contributed by atoms with van der Waals surface area (Å²) in [5.74, 6) is -0.462.